The third kappa shape index (κ3) is 3.23. The molecule has 0 bridgehead atoms. The lowest BCUT2D eigenvalue weighted by atomic mass is 9.94. The standard InChI is InChI=1S/C11H20N2/c1-4-11(13-9(2)3)10-5-7-12-8-6-10/h4,10,12-13H,2,5-8H2,1,3H3/b11-4-. The molecule has 2 heteroatoms. The molecule has 1 rings (SSSR count). The van der Waals surface area contributed by atoms with Gasteiger partial charge in [-0.3, -0.25) is 0 Å². The van der Waals surface area contributed by atoms with Gasteiger partial charge in [-0.25, -0.2) is 0 Å². The van der Waals surface area contributed by atoms with E-state index in [4.69, 9.17) is 0 Å². The molecule has 0 atom stereocenters. The Labute approximate surface area is 81.1 Å². The van der Waals surface area contributed by atoms with Crippen molar-refractivity contribution in [3.8, 4) is 0 Å². The highest BCUT2D eigenvalue weighted by atomic mass is 14.9. The van der Waals surface area contributed by atoms with E-state index in [2.05, 4.69) is 30.2 Å². The molecule has 2 N–H and O–H groups in total. The first kappa shape index (κ1) is 10.3. The number of hydrogen-bond acceptors (Lipinski definition) is 2. The number of nitrogens with one attached hydrogen (secondary N) is 2. The molecule has 74 valence electrons. The Morgan fingerprint density at radius 2 is 2.08 bits per heavy atom. The molecule has 0 amide bonds. The summed E-state index contributed by atoms with van der Waals surface area (Å²) in [4.78, 5) is 0. The van der Waals surface area contributed by atoms with Crippen LogP contribution in [0.5, 0.6) is 0 Å². The van der Waals surface area contributed by atoms with E-state index in [0.29, 0.717) is 5.92 Å². The van der Waals surface area contributed by atoms with Crippen molar-refractivity contribution in [2.45, 2.75) is 26.7 Å². The number of piperidine rings is 1. The fourth-order valence-electron chi connectivity index (χ4n) is 1.79. The van der Waals surface area contributed by atoms with Gasteiger partial charge in [0, 0.05) is 17.3 Å². The SMILES string of the molecule is C=C(C)N/C(=C\C)C1CCNCC1. The summed E-state index contributed by atoms with van der Waals surface area (Å²) in [6.45, 7) is 10.2. The van der Waals surface area contributed by atoms with Crippen molar-refractivity contribution < 1.29 is 0 Å². The van der Waals surface area contributed by atoms with Crippen molar-refractivity contribution in [1.29, 1.82) is 0 Å². The van der Waals surface area contributed by atoms with Gasteiger partial charge in [0.05, 0.1) is 0 Å². The maximum absolute atomic E-state index is 3.87. The van der Waals surface area contributed by atoms with Crippen LogP contribution in [0, 0.1) is 5.92 Å². The van der Waals surface area contributed by atoms with E-state index in [-0.39, 0.29) is 0 Å². The first-order chi connectivity index (χ1) is 6.24. The predicted molar refractivity (Wildman–Crippen MR) is 57.3 cm³/mol. The molecule has 0 radical (unpaired) electrons. The summed E-state index contributed by atoms with van der Waals surface area (Å²) in [5.74, 6) is 0.697. The monoisotopic (exact) mass is 180 g/mol. The van der Waals surface area contributed by atoms with E-state index in [1.807, 2.05) is 6.92 Å². The minimum Gasteiger partial charge on any atom is -0.363 e. The Morgan fingerprint density at radius 1 is 1.46 bits per heavy atom. The normalized spacial score (nSPS) is 20.0. The Morgan fingerprint density at radius 3 is 2.54 bits per heavy atom. The zero-order valence-corrected chi connectivity index (χ0v) is 8.69. The summed E-state index contributed by atoms with van der Waals surface area (Å²) in [6, 6.07) is 0. The van der Waals surface area contributed by atoms with Gasteiger partial charge in [-0.1, -0.05) is 12.7 Å². The van der Waals surface area contributed by atoms with Gasteiger partial charge in [-0.05, 0) is 39.8 Å². The van der Waals surface area contributed by atoms with Crippen LogP contribution in [-0.2, 0) is 0 Å². The Bertz CT molecular complexity index is 200. The van der Waals surface area contributed by atoms with Crippen molar-refractivity contribution >= 4 is 0 Å². The highest BCUT2D eigenvalue weighted by Crippen LogP contribution is 2.19. The molecule has 0 aromatic rings. The van der Waals surface area contributed by atoms with Crippen LogP contribution in [0.3, 0.4) is 0 Å². The van der Waals surface area contributed by atoms with Crippen LogP contribution in [0.25, 0.3) is 0 Å². The smallest absolute Gasteiger partial charge is 0.0137 e. The van der Waals surface area contributed by atoms with Crippen molar-refractivity contribution in [1.82, 2.24) is 10.6 Å². The fraction of sp³-hybridized carbons (Fsp3) is 0.636. The number of hydrogen-bond donors (Lipinski definition) is 2. The molecule has 0 aromatic heterocycles. The molecule has 0 aliphatic carbocycles. The van der Waals surface area contributed by atoms with E-state index in [1.165, 1.54) is 18.5 Å². The number of allylic oxidation sites excluding steroid dienone is 3. The molecule has 0 unspecified atom stereocenters. The first-order valence-corrected chi connectivity index (χ1v) is 5.03. The second-order valence-corrected chi connectivity index (χ2v) is 3.67. The summed E-state index contributed by atoms with van der Waals surface area (Å²) in [5.41, 5.74) is 2.38. The molecule has 1 aliphatic heterocycles. The fourth-order valence-corrected chi connectivity index (χ4v) is 1.79. The molecular formula is C11H20N2. The van der Waals surface area contributed by atoms with Crippen molar-refractivity contribution in [3.63, 3.8) is 0 Å². The average Bonchev–Trinajstić information content (AvgIpc) is 2.15. The van der Waals surface area contributed by atoms with E-state index in [0.717, 1.165) is 18.8 Å². The Kier molecular flexibility index (Phi) is 4.03. The van der Waals surface area contributed by atoms with Crippen LogP contribution in [0.4, 0.5) is 0 Å². The lowest BCUT2D eigenvalue weighted by Gasteiger charge is -2.26. The van der Waals surface area contributed by atoms with Gasteiger partial charge < -0.3 is 10.6 Å². The third-order valence-corrected chi connectivity index (χ3v) is 2.45. The molecule has 0 aromatic carbocycles. The molecular weight excluding hydrogens is 160 g/mol. The average molecular weight is 180 g/mol. The maximum Gasteiger partial charge on any atom is 0.0137 e. The highest BCUT2D eigenvalue weighted by Gasteiger charge is 2.16. The Hall–Kier alpha value is -0.760. The van der Waals surface area contributed by atoms with E-state index < -0.39 is 0 Å². The maximum atomic E-state index is 3.87. The molecule has 1 saturated heterocycles. The lowest BCUT2D eigenvalue weighted by Crippen LogP contribution is -2.31. The van der Waals surface area contributed by atoms with E-state index in [9.17, 15) is 0 Å². The van der Waals surface area contributed by atoms with Crippen LogP contribution < -0.4 is 10.6 Å². The summed E-state index contributed by atoms with van der Waals surface area (Å²) < 4.78 is 0. The van der Waals surface area contributed by atoms with Gasteiger partial charge in [0.2, 0.25) is 0 Å². The molecule has 1 aliphatic rings. The first-order valence-electron chi connectivity index (χ1n) is 5.03. The van der Waals surface area contributed by atoms with Gasteiger partial charge in [0.15, 0.2) is 0 Å². The van der Waals surface area contributed by atoms with E-state index >= 15 is 0 Å². The van der Waals surface area contributed by atoms with Crippen molar-refractivity contribution in [3.05, 3.63) is 24.0 Å². The zero-order valence-electron chi connectivity index (χ0n) is 8.69. The summed E-state index contributed by atoms with van der Waals surface area (Å²) in [5, 5.41) is 6.71. The molecule has 0 saturated carbocycles. The van der Waals surface area contributed by atoms with Gasteiger partial charge in [0.25, 0.3) is 0 Å². The van der Waals surface area contributed by atoms with Crippen LogP contribution in [0.15, 0.2) is 24.0 Å². The molecule has 1 fully saturated rings. The molecule has 0 spiro atoms. The van der Waals surface area contributed by atoms with Gasteiger partial charge >= 0.3 is 0 Å². The third-order valence-electron chi connectivity index (χ3n) is 2.45. The largest absolute Gasteiger partial charge is 0.363 e. The van der Waals surface area contributed by atoms with Gasteiger partial charge in [-0.15, -0.1) is 0 Å². The quantitative estimate of drug-likeness (QED) is 0.694. The second-order valence-electron chi connectivity index (χ2n) is 3.67. The predicted octanol–water partition coefficient (Wildman–Crippen LogP) is 2.01. The lowest BCUT2D eigenvalue weighted by molar-refractivity contribution is 0.407. The van der Waals surface area contributed by atoms with Crippen molar-refractivity contribution in [2.75, 3.05) is 13.1 Å². The molecule has 13 heavy (non-hydrogen) atoms. The molecule has 1 heterocycles. The van der Waals surface area contributed by atoms with Crippen LogP contribution >= 0.6 is 0 Å². The van der Waals surface area contributed by atoms with Crippen LogP contribution in [0.2, 0.25) is 0 Å². The summed E-state index contributed by atoms with van der Waals surface area (Å²) in [6.07, 6.45) is 4.64. The van der Waals surface area contributed by atoms with Crippen molar-refractivity contribution in [2.24, 2.45) is 5.92 Å². The summed E-state index contributed by atoms with van der Waals surface area (Å²) >= 11 is 0. The van der Waals surface area contributed by atoms with E-state index in [1.54, 1.807) is 0 Å². The van der Waals surface area contributed by atoms with Gasteiger partial charge in [0.1, 0.15) is 0 Å². The zero-order chi connectivity index (χ0) is 9.68. The second kappa shape index (κ2) is 5.07. The van der Waals surface area contributed by atoms with Crippen LogP contribution in [0.1, 0.15) is 26.7 Å². The summed E-state index contributed by atoms with van der Waals surface area (Å²) in [7, 11) is 0. The topological polar surface area (TPSA) is 24.1 Å². The number of rotatable bonds is 3. The minimum atomic E-state index is 0.697. The van der Waals surface area contributed by atoms with Gasteiger partial charge in [-0.2, -0.15) is 0 Å². The Balaban J connectivity index is 2.50. The van der Waals surface area contributed by atoms with Crippen LogP contribution in [-0.4, -0.2) is 13.1 Å². The highest BCUT2D eigenvalue weighted by molar-refractivity contribution is 5.10. The minimum absolute atomic E-state index is 0.697. The molecule has 2 nitrogen and oxygen atoms in total.